The number of aromatic nitrogens is 4. The Kier molecular flexibility index (Phi) is 14.4. The fourth-order valence-electron chi connectivity index (χ4n) is 9.43. The zero-order valence-corrected chi connectivity index (χ0v) is 40.7. The second-order valence-corrected chi connectivity index (χ2v) is 20.0. The summed E-state index contributed by atoms with van der Waals surface area (Å²) in [6.07, 6.45) is 4.45. The number of piperidine rings is 1. The number of ether oxygens (including phenoxy) is 4. The predicted octanol–water partition coefficient (Wildman–Crippen LogP) is 6.47. The molecule has 8 rings (SSSR count). The van der Waals surface area contributed by atoms with Crippen molar-refractivity contribution in [3.63, 3.8) is 0 Å². The summed E-state index contributed by atoms with van der Waals surface area (Å²) < 4.78 is 24.2. The minimum absolute atomic E-state index is 0.00360. The van der Waals surface area contributed by atoms with Gasteiger partial charge in [-0.05, 0) is 109 Å². The zero-order valence-electron chi connectivity index (χ0n) is 40.7. The molecule has 5 amide bonds. The maximum Gasteiger partial charge on any atom is 0.424 e. The lowest BCUT2D eigenvalue weighted by atomic mass is 9.80. The molecule has 21 heteroatoms. The molecule has 0 radical (unpaired) electrons. The van der Waals surface area contributed by atoms with Crippen LogP contribution in [0.15, 0.2) is 60.9 Å². The number of esters is 1. The number of piperazine rings is 1. The normalized spacial score (nSPS) is 19.9. The molecule has 0 spiro atoms. The third-order valence-electron chi connectivity index (χ3n) is 12.6. The summed E-state index contributed by atoms with van der Waals surface area (Å²) in [4.78, 5) is 96.6. The van der Waals surface area contributed by atoms with E-state index in [1.54, 1.807) is 89.2 Å². The highest BCUT2D eigenvalue weighted by molar-refractivity contribution is 6.13. The van der Waals surface area contributed by atoms with Gasteiger partial charge in [-0.2, -0.15) is 10.00 Å². The molecule has 21 nitrogen and oxygen atoms in total. The van der Waals surface area contributed by atoms with Gasteiger partial charge in [0.05, 0.1) is 55.4 Å². The van der Waals surface area contributed by atoms with E-state index in [-0.39, 0.29) is 66.6 Å². The van der Waals surface area contributed by atoms with E-state index in [4.69, 9.17) is 24.1 Å². The number of aliphatic carboxylic acids is 1. The number of amides is 5. The van der Waals surface area contributed by atoms with Crippen LogP contribution in [0.25, 0.3) is 16.9 Å². The van der Waals surface area contributed by atoms with E-state index in [1.807, 2.05) is 17.0 Å². The van der Waals surface area contributed by atoms with E-state index >= 15 is 0 Å². The highest BCUT2D eigenvalue weighted by atomic mass is 16.6. The molecule has 2 aromatic carbocycles. The Morgan fingerprint density at radius 3 is 2.30 bits per heavy atom. The van der Waals surface area contributed by atoms with Crippen LogP contribution in [0.4, 0.5) is 26.8 Å². The van der Waals surface area contributed by atoms with Crippen LogP contribution in [0.1, 0.15) is 104 Å². The van der Waals surface area contributed by atoms with Gasteiger partial charge in [-0.15, -0.1) is 10.2 Å². The van der Waals surface area contributed by atoms with Crippen LogP contribution in [0.3, 0.4) is 0 Å². The number of hydrogen-bond acceptors (Lipinski definition) is 16. The van der Waals surface area contributed by atoms with Crippen molar-refractivity contribution in [3.8, 4) is 28.4 Å². The van der Waals surface area contributed by atoms with E-state index in [0.717, 1.165) is 36.9 Å². The summed E-state index contributed by atoms with van der Waals surface area (Å²) in [6, 6.07) is 13.5. The van der Waals surface area contributed by atoms with Crippen molar-refractivity contribution in [1.82, 2.24) is 29.8 Å². The number of anilines is 3. The minimum atomic E-state index is -1.14. The third kappa shape index (κ3) is 11.6. The Morgan fingerprint density at radius 1 is 0.831 bits per heavy atom. The van der Waals surface area contributed by atoms with Gasteiger partial charge in [-0.3, -0.25) is 34.2 Å². The lowest BCUT2D eigenvalue weighted by Crippen LogP contribution is -2.58. The van der Waals surface area contributed by atoms with Gasteiger partial charge in [0.15, 0.2) is 5.82 Å². The van der Waals surface area contributed by atoms with Crippen LogP contribution >= 0.6 is 0 Å². The molecule has 2 saturated heterocycles. The first kappa shape index (κ1) is 50.0. The lowest BCUT2D eigenvalue weighted by Gasteiger charge is -2.43. The fourth-order valence-corrected chi connectivity index (χ4v) is 9.43. The van der Waals surface area contributed by atoms with Crippen LogP contribution in [0.5, 0.6) is 11.5 Å². The summed E-state index contributed by atoms with van der Waals surface area (Å²) in [7, 11) is 0. The first-order valence-electron chi connectivity index (χ1n) is 23.8. The molecule has 1 unspecified atom stereocenters. The van der Waals surface area contributed by atoms with Gasteiger partial charge >= 0.3 is 24.1 Å². The summed E-state index contributed by atoms with van der Waals surface area (Å²) in [5.41, 5.74) is 1.51. The molecular weight excluding hydrogens is 919 g/mol. The minimum Gasteiger partial charge on any atom is -0.489 e. The second-order valence-electron chi connectivity index (χ2n) is 20.0. The number of fused-ring (bicyclic) bond motifs is 1. The Morgan fingerprint density at radius 2 is 1.58 bits per heavy atom. The SMILES string of the molecule is CC(C)(C)OC(=O)Nc1nnc(-c2ccccc2OC(=O)CCC(=O)O)cc1-n1cc(N2CCN(C3CCC(c4cccc5c4OCCN5C4CCC(=O)N(C(=O)OC(C)(C)C)C4=O)CC3)CC2=O)cn1. The molecule has 1 aliphatic carbocycles. The van der Waals surface area contributed by atoms with Crippen LogP contribution in [-0.2, 0) is 33.4 Å². The number of benzene rings is 2. The summed E-state index contributed by atoms with van der Waals surface area (Å²) in [5.74, 6) is -2.14. The molecule has 1 atom stereocenters. The van der Waals surface area contributed by atoms with Gasteiger partial charge in [0.1, 0.15) is 41.0 Å². The summed E-state index contributed by atoms with van der Waals surface area (Å²) in [5, 5.41) is 24.8. The molecule has 3 fully saturated rings. The van der Waals surface area contributed by atoms with Crippen LogP contribution in [-0.4, -0.2) is 133 Å². The number of carbonyl (C=O) groups is 7. The average molecular weight is 978 g/mol. The van der Waals surface area contributed by atoms with Crippen LogP contribution in [0.2, 0.25) is 0 Å². The van der Waals surface area contributed by atoms with Gasteiger partial charge in [0.25, 0.3) is 5.91 Å². The number of nitrogens with zero attached hydrogens (tertiary/aromatic N) is 8. The first-order valence-corrected chi connectivity index (χ1v) is 23.8. The molecule has 2 aromatic heterocycles. The molecule has 376 valence electrons. The van der Waals surface area contributed by atoms with E-state index < -0.39 is 59.6 Å². The largest absolute Gasteiger partial charge is 0.489 e. The van der Waals surface area contributed by atoms with Crippen molar-refractivity contribution in [2.75, 3.05) is 47.9 Å². The Bertz CT molecular complexity index is 2720. The quantitative estimate of drug-likeness (QED) is 0.0928. The smallest absolute Gasteiger partial charge is 0.424 e. The van der Waals surface area contributed by atoms with E-state index in [9.17, 15) is 33.6 Å². The maximum absolute atomic E-state index is 13.9. The third-order valence-corrected chi connectivity index (χ3v) is 12.6. The van der Waals surface area contributed by atoms with Crippen molar-refractivity contribution in [2.24, 2.45) is 0 Å². The lowest BCUT2D eigenvalue weighted by molar-refractivity contribution is -0.147. The van der Waals surface area contributed by atoms with Crippen molar-refractivity contribution in [3.05, 3.63) is 66.5 Å². The number of carboxylic acid groups (broad SMARTS) is 1. The van der Waals surface area contributed by atoms with E-state index in [1.165, 1.54) is 4.68 Å². The molecule has 71 heavy (non-hydrogen) atoms. The molecule has 0 bridgehead atoms. The van der Waals surface area contributed by atoms with Crippen molar-refractivity contribution in [2.45, 2.75) is 122 Å². The second kappa shape index (κ2) is 20.5. The fraction of sp³-hybridized carbons (Fsp3) is 0.480. The van der Waals surface area contributed by atoms with Crippen molar-refractivity contribution < 1.29 is 57.6 Å². The highest BCUT2D eigenvalue weighted by Gasteiger charge is 2.45. The van der Waals surface area contributed by atoms with Gasteiger partial charge in [-0.25, -0.2) is 14.3 Å². The molecule has 5 heterocycles. The topological polar surface area (TPSA) is 245 Å². The Labute approximate surface area is 410 Å². The Balaban J connectivity index is 0.934. The van der Waals surface area contributed by atoms with E-state index in [0.29, 0.717) is 48.1 Å². The summed E-state index contributed by atoms with van der Waals surface area (Å²) in [6.45, 7) is 12.2. The van der Waals surface area contributed by atoms with Gasteiger partial charge in [-0.1, -0.05) is 24.3 Å². The van der Waals surface area contributed by atoms with Gasteiger partial charge in [0.2, 0.25) is 11.8 Å². The predicted molar refractivity (Wildman–Crippen MR) is 256 cm³/mol. The number of para-hydroxylation sites is 2. The molecular formula is C50H59N9O12. The molecule has 1 saturated carbocycles. The number of carboxylic acids is 1. The molecule has 4 aliphatic rings. The summed E-state index contributed by atoms with van der Waals surface area (Å²) >= 11 is 0. The zero-order chi connectivity index (χ0) is 50.8. The number of imide groups is 3. The number of nitrogens with one attached hydrogen (secondary N) is 1. The maximum atomic E-state index is 13.9. The van der Waals surface area contributed by atoms with Crippen molar-refractivity contribution in [1.29, 1.82) is 0 Å². The number of carbonyl (C=O) groups excluding carboxylic acids is 6. The van der Waals surface area contributed by atoms with Gasteiger partial charge in [0, 0.05) is 31.1 Å². The number of likely N-dealkylation sites (tertiary alicyclic amines) is 1. The number of hydrogen-bond donors (Lipinski definition) is 2. The van der Waals surface area contributed by atoms with Gasteiger partial charge < -0.3 is 33.9 Å². The highest BCUT2D eigenvalue weighted by Crippen LogP contribution is 2.45. The molecule has 2 N–H and O–H groups in total. The van der Waals surface area contributed by atoms with Crippen molar-refractivity contribution >= 4 is 59.0 Å². The van der Waals surface area contributed by atoms with Crippen LogP contribution in [0, 0.1) is 0 Å². The Hall–Kier alpha value is -7.42. The first-order chi connectivity index (χ1) is 33.7. The average Bonchev–Trinajstić information content (AvgIpc) is 3.80. The van der Waals surface area contributed by atoms with Crippen LogP contribution < -0.4 is 24.6 Å². The number of rotatable bonds is 11. The standard InChI is InChI=1S/C50H59N9O12/c1-49(2,3)70-47(66)52-45-38(26-35(53-54-45)34-10-7-8-13-39(34)69-43(64)21-20-42(62)63)58-28-32(27-51-58)56-23-22-55(29-41(56)61)31-16-14-30(15-17-31)33-11-9-12-36-44(33)68-25-24-57(36)37-18-19-40(60)59(46(37)65)48(67)71-50(4,5)6/h7-13,26-28,30-31,37H,14-25,29H2,1-6H3,(H,62,63)(H,52,54,66). The molecule has 3 aliphatic heterocycles. The molecule has 4 aromatic rings. The monoisotopic (exact) mass is 977 g/mol. The van der Waals surface area contributed by atoms with E-state index in [2.05, 4.69) is 31.6 Å².